The van der Waals surface area contributed by atoms with Crippen LogP contribution < -0.4 is 5.73 Å². The van der Waals surface area contributed by atoms with Crippen molar-refractivity contribution in [3.63, 3.8) is 0 Å². The number of fused-ring (bicyclic) bond motifs is 3. The number of aliphatic hydroxyl groups excluding tert-OH is 1. The molecule has 0 fully saturated rings. The predicted molar refractivity (Wildman–Crippen MR) is 63.8 cm³/mol. The minimum atomic E-state index is -0.605. The van der Waals surface area contributed by atoms with Crippen molar-refractivity contribution in [2.24, 2.45) is 5.73 Å². The van der Waals surface area contributed by atoms with Gasteiger partial charge in [-0.25, -0.2) is 0 Å². The first-order chi connectivity index (χ1) is 7.79. The molecule has 1 aliphatic rings. The van der Waals surface area contributed by atoms with Crippen LogP contribution in [0.2, 0.25) is 0 Å². The monoisotopic (exact) mass is 211 g/mol. The Morgan fingerprint density at radius 1 is 0.812 bits per heavy atom. The average molecular weight is 211 g/mol. The molecule has 0 saturated heterocycles. The van der Waals surface area contributed by atoms with Gasteiger partial charge in [-0.3, -0.25) is 0 Å². The van der Waals surface area contributed by atoms with Gasteiger partial charge in [0.1, 0.15) is 0 Å². The third kappa shape index (κ3) is 1.21. The van der Waals surface area contributed by atoms with Crippen molar-refractivity contribution in [2.45, 2.75) is 12.1 Å². The van der Waals surface area contributed by atoms with E-state index >= 15 is 0 Å². The molecule has 16 heavy (non-hydrogen) atoms. The van der Waals surface area contributed by atoms with E-state index in [4.69, 9.17) is 5.73 Å². The van der Waals surface area contributed by atoms with E-state index in [-0.39, 0.29) is 6.04 Å². The van der Waals surface area contributed by atoms with E-state index in [2.05, 4.69) is 6.07 Å². The molecule has 0 aliphatic heterocycles. The molecule has 3 rings (SSSR count). The highest BCUT2D eigenvalue weighted by atomic mass is 16.3. The number of hydrogen-bond acceptors (Lipinski definition) is 2. The van der Waals surface area contributed by atoms with Crippen LogP contribution in [-0.2, 0) is 0 Å². The maximum absolute atomic E-state index is 10.2. The number of rotatable bonds is 0. The van der Waals surface area contributed by atoms with Crippen LogP contribution in [0.25, 0.3) is 11.1 Å². The summed E-state index contributed by atoms with van der Waals surface area (Å²) >= 11 is 0. The van der Waals surface area contributed by atoms with E-state index < -0.39 is 6.10 Å². The van der Waals surface area contributed by atoms with Crippen LogP contribution in [0.3, 0.4) is 0 Å². The summed E-state index contributed by atoms with van der Waals surface area (Å²) in [5.74, 6) is 0. The summed E-state index contributed by atoms with van der Waals surface area (Å²) < 4.78 is 0. The molecular formula is C14H13NO. The number of nitrogens with two attached hydrogens (primary N) is 1. The third-order valence-electron chi connectivity index (χ3n) is 3.23. The van der Waals surface area contributed by atoms with Crippen molar-refractivity contribution < 1.29 is 5.11 Å². The van der Waals surface area contributed by atoms with Crippen molar-refractivity contribution in [2.75, 3.05) is 0 Å². The Bertz CT molecular complexity index is 486. The lowest BCUT2D eigenvalue weighted by molar-refractivity contribution is 0.145. The fourth-order valence-electron chi connectivity index (χ4n) is 2.40. The molecule has 2 aromatic carbocycles. The molecule has 0 bridgehead atoms. The smallest absolute Gasteiger partial charge is 0.0988 e. The summed E-state index contributed by atoms with van der Waals surface area (Å²) in [5, 5.41) is 10.2. The Hall–Kier alpha value is -1.64. The lowest BCUT2D eigenvalue weighted by Crippen LogP contribution is -2.24. The van der Waals surface area contributed by atoms with Gasteiger partial charge in [-0.15, -0.1) is 0 Å². The molecule has 1 aliphatic carbocycles. The second kappa shape index (κ2) is 3.44. The van der Waals surface area contributed by atoms with Gasteiger partial charge in [0.2, 0.25) is 0 Å². The highest BCUT2D eigenvalue weighted by Crippen LogP contribution is 2.42. The van der Waals surface area contributed by atoms with E-state index in [0.717, 1.165) is 22.3 Å². The molecule has 2 unspecified atom stereocenters. The van der Waals surface area contributed by atoms with Crippen LogP contribution in [0.1, 0.15) is 23.3 Å². The van der Waals surface area contributed by atoms with Crippen LogP contribution in [-0.4, -0.2) is 5.11 Å². The van der Waals surface area contributed by atoms with Gasteiger partial charge in [0.25, 0.3) is 0 Å². The molecule has 0 radical (unpaired) electrons. The Labute approximate surface area is 94.3 Å². The predicted octanol–water partition coefficient (Wildman–Crippen LogP) is 2.40. The Morgan fingerprint density at radius 3 is 2.00 bits per heavy atom. The second-order valence-electron chi connectivity index (χ2n) is 4.15. The largest absolute Gasteiger partial charge is 0.386 e. The maximum Gasteiger partial charge on any atom is 0.0988 e. The fourth-order valence-corrected chi connectivity index (χ4v) is 2.40. The Morgan fingerprint density at radius 2 is 1.31 bits per heavy atom. The Balaban J connectivity index is 2.33. The van der Waals surface area contributed by atoms with Gasteiger partial charge in [-0.05, 0) is 22.3 Å². The van der Waals surface area contributed by atoms with Crippen LogP contribution in [0.5, 0.6) is 0 Å². The molecule has 2 atom stereocenters. The van der Waals surface area contributed by atoms with E-state index in [9.17, 15) is 5.11 Å². The first kappa shape index (κ1) is 9.58. The number of benzene rings is 2. The average Bonchev–Trinajstić information content (AvgIpc) is 2.36. The van der Waals surface area contributed by atoms with Gasteiger partial charge in [0, 0.05) is 0 Å². The van der Waals surface area contributed by atoms with Crippen LogP contribution in [0.4, 0.5) is 0 Å². The molecular weight excluding hydrogens is 198 g/mol. The highest BCUT2D eigenvalue weighted by molar-refractivity contribution is 5.74. The summed E-state index contributed by atoms with van der Waals surface area (Å²) in [6.45, 7) is 0. The van der Waals surface area contributed by atoms with E-state index in [1.54, 1.807) is 0 Å². The zero-order valence-corrected chi connectivity index (χ0v) is 8.80. The zero-order chi connectivity index (χ0) is 11.1. The van der Waals surface area contributed by atoms with E-state index in [0.29, 0.717) is 0 Å². The van der Waals surface area contributed by atoms with E-state index in [1.165, 1.54) is 0 Å². The summed E-state index contributed by atoms with van der Waals surface area (Å²) in [5.41, 5.74) is 10.2. The second-order valence-corrected chi connectivity index (χ2v) is 4.15. The minimum Gasteiger partial charge on any atom is -0.386 e. The molecule has 80 valence electrons. The topological polar surface area (TPSA) is 46.2 Å². The normalized spacial score (nSPS) is 22.4. The first-order valence-corrected chi connectivity index (χ1v) is 5.41. The lowest BCUT2D eigenvalue weighted by atomic mass is 9.81. The first-order valence-electron chi connectivity index (χ1n) is 5.41. The van der Waals surface area contributed by atoms with Crippen LogP contribution >= 0.6 is 0 Å². The number of aliphatic hydroxyl groups is 1. The molecule has 0 amide bonds. The molecule has 0 spiro atoms. The fraction of sp³-hybridized carbons (Fsp3) is 0.143. The molecule has 0 aromatic heterocycles. The van der Waals surface area contributed by atoms with Gasteiger partial charge in [-0.1, -0.05) is 48.5 Å². The highest BCUT2D eigenvalue weighted by Gasteiger charge is 2.28. The molecule has 2 aromatic rings. The summed E-state index contributed by atoms with van der Waals surface area (Å²) in [7, 11) is 0. The molecule has 0 heterocycles. The SMILES string of the molecule is NC1c2ccccc2-c2ccccc2C1O. The minimum absolute atomic E-state index is 0.328. The zero-order valence-electron chi connectivity index (χ0n) is 8.80. The maximum atomic E-state index is 10.2. The molecule has 2 heteroatoms. The quantitative estimate of drug-likeness (QED) is 0.703. The third-order valence-corrected chi connectivity index (χ3v) is 3.23. The van der Waals surface area contributed by atoms with Crippen LogP contribution in [0.15, 0.2) is 48.5 Å². The van der Waals surface area contributed by atoms with Crippen molar-refractivity contribution in [1.29, 1.82) is 0 Å². The molecule has 0 saturated carbocycles. The van der Waals surface area contributed by atoms with Crippen molar-refractivity contribution in [1.82, 2.24) is 0 Å². The number of hydrogen-bond donors (Lipinski definition) is 2. The van der Waals surface area contributed by atoms with E-state index in [1.807, 2.05) is 42.5 Å². The van der Waals surface area contributed by atoms with Gasteiger partial charge in [-0.2, -0.15) is 0 Å². The summed E-state index contributed by atoms with van der Waals surface area (Å²) in [4.78, 5) is 0. The standard InChI is InChI=1S/C14H13NO/c15-13-11-7-3-1-5-9(11)10-6-2-4-8-12(10)14(13)16/h1-8,13-14,16H,15H2. The van der Waals surface area contributed by atoms with Crippen molar-refractivity contribution in [3.8, 4) is 11.1 Å². The van der Waals surface area contributed by atoms with Gasteiger partial charge in [0.05, 0.1) is 12.1 Å². The summed E-state index contributed by atoms with van der Waals surface area (Å²) in [6, 6.07) is 15.6. The molecule has 3 N–H and O–H groups in total. The lowest BCUT2D eigenvalue weighted by Gasteiger charge is -2.29. The van der Waals surface area contributed by atoms with Crippen LogP contribution in [0, 0.1) is 0 Å². The Kier molecular flexibility index (Phi) is 2.06. The van der Waals surface area contributed by atoms with Crippen molar-refractivity contribution >= 4 is 0 Å². The van der Waals surface area contributed by atoms with Gasteiger partial charge < -0.3 is 10.8 Å². The summed E-state index contributed by atoms with van der Waals surface area (Å²) in [6.07, 6.45) is -0.605. The molecule has 2 nitrogen and oxygen atoms in total. The van der Waals surface area contributed by atoms with Crippen molar-refractivity contribution in [3.05, 3.63) is 59.7 Å². The van der Waals surface area contributed by atoms with Gasteiger partial charge in [0.15, 0.2) is 0 Å². The van der Waals surface area contributed by atoms with Gasteiger partial charge >= 0.3 is 0 Å².